The van der Waals surface area contributed by atoms with Gasteiger partial charge >= 0.3 is 5.97 Å². The molecule has 0 radical (unpaired) electrons. The molecular formula is C23H19FN2O3. The molecule has 1 heterocycles. The fraction of sp³-hybridized carbons (Fsp3) is 0.130. The Hall–Kier alpha value is -3.67. The maximum Gasteiger partial charge on any atom is 0.335 e. The number of aromatic carboxylic acids is 1. The van der Waals surface area contributed by atoms with Crippen LogP contribution in [0.5, 0.6) is 5.75 Å². The Bertz CT molecular complexity index is 1060. The molecule has 146 valence electrons. The molecule has 0 spiro atoms. The van der Waals surface area contributed by atoms with Gasteiger partial charge in [-0.3, -0.25) is 5.01 Å². The van der Waals surface area contributed by atoms with Crippen molar-refractivity contribution in [2.75, 3.05) is 12.1 Å². The quantitative estimate of drug-likeness (QED) is 0.674. The van der Waals surface area contributed by atoms with Crippen LogP contribution in [0.1, 0.15) is 33.9 Å². The lowest BCUT2D eigenvalue weighted by molar-refractivity contribution is 0.0697. The number of benzene rings is 3. The number of anilines is 1. The highest BCUT2D eigenvalue weighted by molar-refractivity contribution is 6.03. The predicted molar refractivity (Wildman–Crippen MR) is 109 cm³/mol. The molecule has 0 aromatic heterocycles. The van der Waals surface area contributed by atoms with Crippen LogP contribution in [0.15, 0.2) is 77.9 Å². The van der Waals surface area contributed by atoms with Crippen LogP contribution in [0.4, 0.5) is 10.1 Å². The summed E-state index contributed by atoms with van der Waals surface area (Å²) in [6.45, 7) is 0. The molecule has 4 rings (SSSR count). The van der Waals surface area contributed by atoms with Crippen LogP contribution in [-0.4, -0.2) is 23.9 Å². The molecule has 0 amide bonds. The molecule has 29 heavy (non-hydrogen) atoms. The summed E-state index contributed by atoms with van der Waals surface area (Å²) in [5.41, 5.74) is 3.06. The summed E-state index contributed by atoms with van der Waals surface area (Å²) in [4.78, 5) is 11.2. The number of methoxy groups -OCH3 is 1. The Kier molecular flexibility index (Phi) is 4.99. The van der Waals surface area contributed by atoms with E-state index in [1.54, 1.807) is 49.6 Å². The van der Waals surface area contributed by atoms with Gasteiger partial charge in [-0.15, -0.1) is 0 Å². The minimum Gasteiger partial charge on any atom is -0.497 e. The monoisotopic (exact) mass is 390 g/mol. The number of hydrogen-bond acceptors (Lipinski definition) is 4. The summed E-state index contributed by atoms with van der Waals surface area (Å²) in [6.07, 6.45) is 0.522. The van der Waals surface area contributed by atoms with Crippen molar-refractivity contribution in [1.29, 1.82) is 0 Å². The SMILES string of the molecule is COc1ccc(C2CC(c3ccccc3F)=NN2c2ccc(C(=O)O)cc2)cc1. The van der Waals surface area contributed by atoms with Crippen molar-refractivity contribution in [3.63, 3.8) is 0 Å². The third-order valence-corrected chi connectivity index (χ3v) is 4.97. The number of nitrogens with zero attached hydrogens (tertiary/aromatic N) is 2. The van der Waals surface area contributed by atoms with E-state index in [1.807, 2.05) is 29.3 Å². The van der Waals surface area contributed by atoms with E-state index in [2.05, 4.69) is 0 Å². The molecule has 6 heteroatoms. The molecule has 0 saturated heterocycles. The first-order valence-corrected chi connectivity index (χ1v) is 9.16. The van der Waals surface area contributed by atoms with Crippen molar-refractivity contribution >= 4 is 17.4 Å². The highest BCUT2D eigenvalue weighted by atomic mass is 19.1. The second kappa shape index (κ2) is 7.75. The third-order valence-electron chi connectivity index (χ3n) is 4.97. The largest absolute Gasteiger partial charge is 0.497 e. The van der Waals surface area contributed by atoms with Crippen molar-refractivity contribution in [1.82, 2.24) is 0 Å². The van der Waals surface area contributed by atoms with Crippen molar-refractivity contribution in [3.8, 4) is 5.75 Å². The number of hydrazone groups is 1. The number of carboxylic acid groups (broad SMARTS) is 1. The third kappa shape index (κ3) is 3.69. The normalized spacial score (nSPS) is 15.9. The number of ether oxygens (including phenoxy) is 1. The maximum atomic E-state index is 14.4. The predicted octanol–water partition coefficient (Wildman–Crippen LogP) is 4.89. The molecule has 3 aromatic carbocycles. The molecule has 1 N–H and O–H groups in total. The lowest BCUT2D eigenvalue weighted by Gasteiger charge is -2.24. The van der Waals surface area contributed by atoms with Gasteiger partial charge in [0.15, 0.2) is 0 Å². The van der Waals surface area contributed by atoms with Gasteiger partial charge in [-0.2, -0.15) is 5.10 Å². The van der Waals surface area contributed by atoms with Crippen LogP contribution in [0, 0.1) is 5.82 Å². The summed E-state index contributed by atoms with van der Waals surface area (Å²) in [7, 11) is 1.61. The van der Waals surface area contributed by atoms with Gasteiger partial charge in [-0.25, -0.2) is 9.18 Å². The van der Waals surface area contributed by atoms with Gasteiger partial charge in [0.05, 0.1) is 30.1 Å². The first kappa shape index (κ1) is 18.7. The summed E-state index contributed by atoms with van der Waals surface area (Å²) < 4.78 is 19.6. The Balaban J connectivity index is 1.74. The molecule has 3 aromatic rings. The Morgan fingerprint density at radius 2 is 1.76 bits per heavy atom. The fourth-order valence-corrected chi connectivity index (χ4v) is 3.45. The Morgan fingerprint density at radius 3 is 2.38 bits per heavy atom. The van der Waals surface area contributed by atoms with Crippen LogP contribution in [-0.2, 0) is 0 Å². The minimum atomic E-state index is -0.986. The van der Waals surface area contributed by atoms with Crippen LogP contribution < -0.4 is 9.75 Å². The average Bonchev–Trinajstić information content (AvgIpc) is 3.19. The Labute approximate surface area is 167 Å². The second-order valence-corrected chi connectivity index (χ2v) is 6.72. The summed E-state index contributed by atoms with van der Waals surface area (Å²) in [6, 6.07) is 20.6. The second-order valence-electron chi connectivity index (χ2n) is 6.72. The van der Waals surface area contributed by atoms with Crippen LogP contribution in [0.3, 0.4) is 0 Å². The summed E-state index contributed by atoms with van der Waals surface area (Å²) >= 11 is 0. The number of hydrogen-bond donors (Lipinski definition) is 1. The lowest BCUT2D eigenvalue weighted by Crippen LogP contribution is -2.18. The molecule has 1 atom stereocenters. The molecule has 5 nitrogen and oxygen atoms in total. The molecule has 0 bridgehead atoms. The van der Waals surface area contributed by atoms with Gasteiger partial charge < -0.3 is 9.84 Å². The summed E-state index contributed by atoms with van der Waals surface area (Å²) in [5.74, 6) is -0.553. The fourth-order valence-electron chi connectivity index (χ4n) is 3.45. The van der Waals surface area contributed by atoms with E-state index in [-0.39, 0.29) is 17.4 Å². The van der Waals surface area contributed by atoms with Gasteiger partial charge in [0.2, 0.25) is 0 Å². The van der Waals surface area contributed by atoms with Gasteiger partial charge in [0, 0.05) is 12.0 Å². The van der Waals surface area contributed by atoms with Crippen molar-refractivity contribution < 1.29 is 19.0 Å². The van der Waals surface area contributed by atoms with E-state index in [1.165, 1.54) is 6.07 Å². The van der Waals surface area contributed by atoms with Crippen LogP contribution in [0.2, 0.25) is 0 Å². The first-order chi connectivity index (χ1) is 14.1. The van der Waals surface area contributed by atoms with Gasteiger partial charge in [0.25, 0.3) is 0 Å². The van der Waals surface area contributed by atoms with Crippen molar-refractivity contribution in [2.24, 2.45) is 5.10 Å². The number of carboxylic acids is 1. The number of halogens is 1. The molecule has 0 fully saturated rings. The van der Waals surface area contributed by atoms with Crippen LogP contribution >= 0.6 is 0 Å². The minimum absolute atomic E-state index is 0.147. The van der Waals surface area contributed by atoms with Crippen molar-refractivity contribution in [2.45, 2.75) is 12.5 Å². The highest BCUT2D eigenvalue weighted by Gasteiger charge is 2.31. The molecular weight excluding hydrogens is 371 g/mol. The maximum absolute atomic E-state index is 14.4. The standard InChI is InChI=1S/C23H19FN2O3/c1-29-18-12-8-15(9-13-18)22-14-21(19-4-2-3-5-20(19)24)25-26(22)17-10-6-16(7-11-17)23(27)28/h2-13,22H,14H2,1H3,(H,27,28). The van der Waals surface area contributed by atoms with Crippen LogP contribution in [0.25, 0.3) is 0 Å². The highest BCUT2D eigenvalue weighted by Crippen LogP contribution is 2.37. The van der Waals surface area contributed by atoms with E-state index in [0.29, 0.717) is 17.7 Å². The van der Waals surface area contributed by atoms with Gasteiger partial charge in [-0.1, -0.05) is 30.3 Å². The van der Waals surface area contributed by atoms with E-state index in [4.69, 9.17) is 14.9 Å². The van der Waals surface area contributed by atoms with Gasteiger partial charge in [0.1, 0.15) is 11.6 Å². The topological polar surface area (TPSA) is 62.1 Å². The first-order valence-electron chi connectivity index (χ1n) is 9.16. The van der Waals surface area contributed by atoms with E-state index >= 15 is 0 Å². The summed E-state index contributed by atoms with van der Waals surface area (Å²) in [5, 5.41) is 15.7. The molecule has 1 unspecified atom stereocenters. The van der Waals surface area contributed by atoms with E-state index in [9.17, 15) is 9.18 Å². The molecule has 1 aliphatic heterocycles. The van der Waals surface area contributed by atoms with E-state index < -0.39 is 5.97 Å². The number of rotatable bonds is 5. The average molecular weight is 390 g/mol. The number of carbonyl (C=O) groups is 1. The van der Waals surface area contributed by atoms with Gasteiger partial charge in [-0.05, 0) is 48.0 Å². The zero-order valence-corrected chi connectivity index (χ0v) is 15.7. The Morgan fingerprint density at radius 1 is 1.07 bits per heavy atom. The molecule has 0 saturated carbocycles. The van der Waals surface area contributed by atoms with Crippen molar-refractivity contribution in [3.05, 3.63) is 95.3 Å². The lowest BCUT2D eigenvalue weighted by atomic mass is 9.98. The van der Waals surface area contributed by atoms with E-state index in [0.717, 1.165) is 17.0 Å². The molecule has 1 aliphatic rings. The smallest absolute Gasteiger partial charge is 0.335 e. The molecule has 0 aliphatic carbocycles. The zero-order valence-electron chi connectivity index (χ0n) is 15.7. The zero-order chi connectivity index (χ0) is 20.4.